The van der Waals surface area contributed by atoms with Crippen molar-refractivity contribution in [2.75, 3.05) is 13.1 Å². The van der Waals surface area contributed by atoms with E-state index < -0.39 is 29.0 Å². The Morgan fingerprint density at radius 1 is 1.29 bits per heavy atom. The molecule has 0 aromatic heterocycles. The number of nitrogens with zero attached hydrogens (tertiary/aromatic N) is 3. The van der Waals surface area contributed by atoms with E-state index in [-0.39, 0.29) is 22.3 Å². The second-order valence-corrected chi connectivity index (χ2v) is 8.06. The second kappa shape index (κ2) is 7.36. The quantitative estimate of drug-likeness (QED) is 0.751. The predicted octanol–water partition coefficient (Wildman–Crippen LogP) is 2.62. The van der Waals surface area contributed by atoms with Gasteiger partial charge >= 0.3 is 0 Å². The fraction of sp³-hybridized carbons (Fsp3) is 0.429. The van der Waals surface area contributed by atoms with Gasteiger partial charge < -0.3 is 10.3 Å². The highest BCUT2D eigenvalue weighted by atomic mass is 35.5. The lowest BCUT2D eigenvalue weighted by molar-refractivity contribution is -0.920. The number of nitrogens with one attached hydrogen (secondary N) is 2. The van der Waals surface area contributed by atoms with Crippen LogP contribution in [0.4, 0.5) is 4.39 Å². The molecule has 1 aromatic carbocycles. The van der Waals surface area contributed by atoms with E-state index in [0.717, 1.165) is 0 Å². The van der Waals surface area contributed by atoms with Crippen molar-refractivity contribution < 1.29 is 9.29 Å². The molecule has 1 saturated carbocycles. The minimum atomic E-state index is -1.95. The Kier molecular flexibility index (Phi) is 5.26. The molecule has 28 heavy (non-hydrogen) atoms. The summed E-state index contributed by atoms with van der Waals surface area (Å²) in [4.78, 5) is 1.21. The zero-order valence-electron chi connectivity index (χ0n) is 15.6. The van der Waals surface area contributed by atoms with Gasteiger partial charge in [-0.05, 0) is 37.6 Å². The smallest absolute Gasteiger partial charge is 0.190 e. The molecule has 5 nitrogen and oxygen atoms in total. The van der Waals surface area contributed by atoms with Crippen molar-refractivity contribution in [3.63, 3.8) is 0 Å². The lowest BCUT2D eigenvalue weighted by atomic mass is 9.54. The highest BCUT2D eigenvalue weighted by Crippen LogP contribution is 2.54. The van der Waals surface area contributed by atoms with Crippen LogP contribution < -0.4 is 4.90 Å². The largest absolute Gasteiger partial charge is 0.329 e. The SMILES string of the molecule is CC(C)[NH+]1CC=C2C(C#N)C(=N)C(C#N)(C#N)[C@@H](c3c(F)cccc3Cl)[C@H]2C1. The first kappa shape index (κ1) is 20.0. The molecule has 1 aromatic rings. The first-order valence-corrected chi connectivity index (χ1v) is 9.49. The van der Waals surface area contributed by atoms with Gasteiger partial charge in [-0.25, -0.2) is 4.39 Å². The second-order valence-electron chi connectivity index (χ2n) is 7.65. The number of hydrogen-bond donors (Lipinski definition) is 2. The van der Waals surface area contributed by atoms with Gasteiger partial charge in [0.25, 0.3) is 0 Å². The van der Waals surface area contributed by atoms with Crippen LogP contribution in [0.3, 0.4) is 0 Å². The molecule has 0 saturated heterocycles. The zero-order valence-corrected chi connectivity index (χ0v) is 16.4. The Morgan fingerprint density at radius 2 is 1.96 bits per heavy atom. The average molecular weight is 397 g/mol. The van der Waals surface area contributed by atoms with E-state index in [1.54, 1.807) is 0 Å². The van der Waals surface area contributed by atoms with Gasteiger partial charge in [-0.15, -0.1) is 0 Å². The minimum Gasteiger partial charge on any atom is -0.329 e. The van der Waals surface area contributed by atoms with Crippen LogP contribution in [0.15, 0.2) is 29.8 Å². The van der Waals surface area contributed by atoms with Crippen molar-refractivity contribution in [3.05, 3.63) is 46.3 Å². The minimum absolute atomic E-state index is 0.0781. The van der Waals surface area contributed by atoms with Crippen molar-refractivity contribution in [1.82, 2.24) is 0 Å². The van der Waals surface area contributed by atoms with Gasteiger partial charge in [-0.3, -0.25) is 0 Å². The predicted molar refractivity (Wildman–Crippen MR) is 102 cm³/mol. The highest BCUT2D eigenvalue weighted by Gasteiger charge is 2.59. The number of halogens is 2. The molecule has 3 rings (SSSR count). The number of quaternary nitrogens is 1. The van der Waals surface area contributed by atoms with Crippen molar-refractivity contribution >= 4 is 17.3 Å². The van der Waals surface area contributed by atoms with Gasteiger partial charge in [0.15, 0.2) is 5.41 Å². The lowest BCUT2D eigenvalue weighted by Crippen LogP contribution is -3.16. The molecule has 0 bridgehead atoms. The van der Waals surface area contributed by atoms with Crippen LogP contribution in [0, 0.1) is 62.5 Å². The van der Waals surface area contributed by atoms with Crippen LogP contribution in [0.2, 0.25) is 5.02 Å². The molecule has 1 aliphatic carbocycles. The third kappa shape index (κ3) is 2.80. The zero-order chi connectivity index (χ0) is 20.6. The molecule has 7 heteroatoms. The van der Waals surface area contributed by atoms with Gasteiger partial charge in [0.05, 0.1) is 43.1 Å². The van der Waals surface area contributed by atoms with Gasteiger partial charge in [0.2, 0.25) is 0 Å². The highest BCUT2D eigenvalue weighted by molar-refractivity contribution is 6.31. The Labute approximate surface area is 168 Å². The Hall–Kier alpha value is -2.72. The van der Waals surface area contributed by atoms with E-state index in [1.165, 1.54) is 23.1 Å². The molecule has 0 amide bonds. The molecular weight excluding hydrogens is 377 g/mol. The Bertz CT molecular complexity index is 944. The lowest BCUT2D eigenvalue weighted by Gasteiger charge is -2.47. The summed E-state index contributed by atoms with van der Waals surface area (Å²) >= 11 is 6.33. The summed E-state index contributed by atoms with van der Waals surface area (Å²) in [7, 11) is 0. The fourth-order valence-corrected chi connectivity index (χ4v) is 4.79. The molecule has 2 N–H and O–H groups in total. The van der Waals surface area contributed by atoms with E-state index in [1.807, 2.05) is 18.2 Å². The average Bonchev–Trinajstić information content (AvgIpc) is 2.68. The summed E-state index contributed by atoms with van der Waals surface area (Å²) < 4.78 is 14.9. The van der Waals surface area contributed by atoms with Crippen molar-refractivity contribution in [1.29, 1.82) is 21.2 Å². The van der Waals surface area contributed by atoms with Gasteiger partial charge in [-0.2, -0.15) is 15.8 Å². The molecule has 0 radical (unpaired) electrons. The third-order valence-corrected chi connectivity index (χ3v) is 6.36. The van der Waals surface area contributed by atoms with Crippen molar-refractivity contribution in [2.24, 2.45) is 17.3 Å². The number of rotatable bonds is 2. The summed E-state index contributed by atoms with van der Waals surface area (Å²) in [5, 5.41) is 38.4. The molecule has 4 atom stereocenters. The number of benzene rings is 1. The molecule has 1 fully saturated rings. The molecule has 142 valence electrons. The van der Waals surface area contributed by atoms with Crippen LogP contribution in [-0.2, 0) is 0 Å². The van der Waals surface area contributed by atoms with Crippen LogP contribution >= 0.6 is 11.6 Å². The van der Waals surface area contributed by atoms with Crippen LogP contribution in [0.5, 0.6) is 0 Å². The molecule has 0 spiro atoms. The summed E-state index contributed by atoms with van der Waals surface area (Å²) in [6.07, 6.45) is 1.92. The van der Waals surface area contributed by atoms with Gasteiger partial charge in [0.1, 0.15) is 11.7 Å². The molecular formula is C21H20ClFN5+. The van der Waals surface area contributed by atoms with Crippen LogP contribution in [0.25, 0.3) is 0 Å². The fourth-order valence-electron chi connectivity index (χ4n) is 4.51. The Morgan fingerprint density at radius 3 is 2.50 bits per heavy atom. The van der Waals surface area contributed by atoms with Crippen molar-refractivity contribution in [3.8, 4) is 18.2 Å². The van der Waals surface area contributed by atoms with E-state index in [9.17, 15) is 20.2 Å². The first-order valence-electron chi connectivity index (χ1n) is 9.11. The van der Waals surface area contributed by atoms with E-state index >= 15 is 0 Å². The maximum Gasteiger partial charge on any atom is 0.190 e. The normalized spacial score (nSPS) is 28.5. The summed E-state index contributed by atoms with van der Waals surface area (Å²) in [5.41, 5.74) is -1.47. The molecule has 1 aliphatic heterocycles. The summed E-state index contributed by atoms with van der Waals surface area (Å²) in [6.45, 7) is 5.34. The first-order chi connectivity index (χ1) is 13.3. The maximum atomic E-state index is 14.9. The summed E-state index contributed by atoms with van der Waals surface area (Å²) in [5.74, 6) is -2.95. The third-order valence-electron chi connectivity index (χ3n) is 6.03. The van der Waals surface area contributed by atoms with E-state index in [4.69, 9.17) is 17.0 Å². The van der Waals surface area contributed by atoms with Crippen LogP contribution in [0.1, 0.15) is 25.3 Å². The number of hydrogen-bond acceptors (Lipinski definition) is 4. The molecule has 1 heterocycles. The molecule has 2 aliphatic rings. The maximum absolute atomic E-state index is 14.9. The van der Waals surface area contributed by atoms with Gasteiger partial charge in [0, 0.05) is 22.4 Å². The summed E-state index contributed by atoms with van der Waals surface area (Å²) in [6, 6.07) is 10.5. The van der Waals surface area contributed by atoms with E-state index in [2.05, 4.69) is 19.9 Å². The standard InChI is InChI=1S/C21H19ClFN5/c1-12(2)28-7-6-13-14(8-24)20(27)21(10-25,11-26)19(15(13)9-28)18-16(22)4-3-5-17(18)23/h3-6,12,14-15,19,27H,7,9H2,1-2H3/p+1/t14?,15-,19+/m0/s1. The topological polar surface area (TPSA) is 99.7 Å². The number of nitriles is 3. The van der Waals surface area contributed by atoms with Crippen LogP contribution in [-0.4, -0.2) is 24.8 Å². The van der Waals surface area contributed by atoms with Gasteiger partial charge in [-0.1, -0.05) is 17.7 Å². The Balaban J connectivity index is 2.32. The number of fused-ring (bicyclic) bond motifs is 1. The monoisotopic (exact) mass is 396 g/mol. The molecule has 2 unspecified atom stereocenters. The van der Waals surface area contributed by atoms with Crippen molar-refractivity contribution in [2.45, 2.75) is 25.8 Å². The van der Waals surface area contributed by atoms with E-state index in [0.29, 0.717) is 18.7 Å².